The maximum Gasteiger partial charge on any atom is 0.0213 e. The van der Waals surface area contributed by atoms with Crippen LogP contribution in [0.5, 0.6) is 0 Å². The molecule has 0 aromatic carbocycles. The van der Waals surface area contributed by atoms with Crippen LogP contribution in [0.15, 0.2) is 60.9 Å². The SMILES string of the molecule is C=CNCC1C(CC)=C(/C=C\C)CCC(C=C)C1/C=C\C. The minimum absolute atomic E-state index is 0.515. The Labute approximate surface area is 131 Å². The van der Waals surface area contributed by atoms with Gasteiger partial charge < -0.3 is 5.32 Å². The minimum Gasteiger partial charge on any atom is -0.391 e. The first kappa shape index (κ1) is 17.6. The fourth-order valence-electron chi connectivity index (χ4n) is 3.57. The third-order valence-corrected chi connectivity index (χ3v) is 4.51. The second-order valence-electron chi connectivity index (χ2n) is 5.66. The number of hydrogen-bond acceptors (Lipinski definition) is 1. The van der Waals surface area contributed by atoms with Gasteiger partial charge in [0.2, 0.25) is 0 Å². The standard InChI is InChI=1S/C20H31N/c1-6-11-17-14-13-16(8-3)19(12-7-2)20(15-21-10-5)18(17)9-4/h6-8,10-12,16,19-21H,3,5,9,13-15H2,1-2,4H3/b11-6-,12-7-. The van der Waals surface area contributed by atoms with Crippen LogP contribution in [-0.2, 0) is 0 Å². The zero-order valence-electron chi connectivity index (χ0n) is 13.9. The summed E-state index contributed by atoms with van der Waals surface area (Å²) >= 11 is 0. The first-order valence-electron chi connectivity index (χ1n) is 8.17. The van der Waals surface area contributed by atoms with Crippen LogP contribution in [0.25, 0.3) is 0 Å². The van der Waals surface area contributed by atoms with Crippen LogP contribution < -0.4 is 5.32 Å². The molecule has 0 saturated carbocycles. The highest BCUT2D eigenvalue weighted by Gasteiger charge is 2.31. The van der Waals surface area contributed by atoms with Crippen LogP contribution in [0, 0.1) is 17.8 Å². The van der Waals surface area contributed by atoms with E-state index in [1.54, 1.807) is 5.57 Å². The summed E-state index contributed by atoms with van der Waals surface area (Å²) in [6, 6.07) is 0. The first-order chi connectivity index (χ1) is 10.2. The van der Waals surface area contributed by atoms with Gasteiger partial charge >= 0.3 is 0 Å². The monoisotopic (exact) mass is 285 g/mol. The zero-order valence-corrected chi connectivity index (χ0v) is 13.9. The minimum atomic E-state index is 0.515. The second-order valence-corrected chi connectivity index (χ2v) is 5.66. The number of allylic oxidation sites excluding steroid dienone is 6. The number of rotatable bonds is 7. The lowest BCUT2D eigenvalue weighted by Gasteiger charge is -2.30. The van der Waals surface area contributed by atoms with Gasteiger partial charge in [0.1, 0.15) is 0 Å². The van der Waals surface area contributed by atoms with Crippen LogP contribution in [0.2, 0.25) is 0 Å². The molecule has 0 aromatic heterocycles. The molecule has 0 radical (unpaired) electrons. The van der Waals surface area contributed by atoms with Crippen molar-refractivity contribution in [2.24, 2.45) is 17.8 Å². The molecule has 1 heteroatoms. The number of nitrogens with one attached hydrogen (secondary N) is 1. The third kappa shape index (κ3) is 4.49. The van der Waals surface area contributed by atoms with E-state index in [0.29, 0.717) is 17.8 Å². The smallest absolute Gasteiger partial charge is 0.0213 e. The van der Waals surface area contributed by atoms with E-state index in [1.807, 2.05) is 6.20 Å². The Morgan fingerprint density at radius 1 is 1.24 bits per heavy atom. The summed E-state index contributed by atoms with van der Waals surface area (Å²) in [7, 11) is 0. The third-order valence-electron chi connectivity index (χ3n) is 4.51. The quantitative estimate of drug-likeness (QED) is 0.617. The van der Waals surface area contributed by atoms with Gasteiger partial charge in [-0.3, -0.25) is 0 Å². The molecule has 1 N–H and O–H groups in total. The fourth-order valence-corrected chi connectivity index (χ4v) is 3.57. The Hall–Kier alpha value is -1.50. The molecule has 3 atom stereocenters. The average Bonchev–Trinajstić information content (AvgIpc) is 2.63. The Balaban J connectivity index is 3.28. The second kappa shape index (κ2) is 9.44. The van der Waals surface area contributed by atoms with Gasteiger partial charge in [0.15, 0.2) is 0 Å². The van der Waals surface area contributed by atoms with Crippen molar-refractivity contribution in [2.75, 3.05) is 6.54 Å². The fraction of sp³-hybridized carbons (Fsp3) is 0.500. The average molecular weight is 285 g/mol. The molecule has 0 saturated heterocycles. The van der Waals surface area contributed by atoms with E-state index < -0.39 is 0 Å². The van der Waals surface area contributed by atoms with E-state index in [1.165, 1.54) is 12.0 Å². The highest BCUT2D eigenvalue weighted by molar-refractivity contribution is 5.31. The first-order valence-corrected chi connectivity index (χ1v) is 8.17. The van der Waals surface area contributed by atoms with Crippen molar-refractivity contribution in [3.8, 4) is 0 Å². The Bertz CT molecular complexity index is 425. The van der Waals surface area contributed by atoms with Crippen LogP contribution in [-0.4, -0.2) is 6.54 Å². The predicted molar refractivity (Wildman–Crippen MR) is 95.0 cm³/mol. The molecule has 1 rings (SSSR count). The summed E-state index contributed by atoms with van der Waals surface area (Å²) in [5.74, 6) is 1.58. The lowest BCUT2D eigenvalue weighted by atomic mass is 9.77. The molecule has 116 valence electrons. The van der Waals surface area contributed by atoms with E-state index in [0.717, 1.165) is 19.4 Å². The van der Waals surface area contributed by atoms with Gasteiger partial charge in [0, 0.05) is 12.5 Å². The highest BCUT2D eigenvalue weighted by Crippen LogP contribution is 2.40. The highest BCUT2D eigenvalue weighted by atomic mass is 14.8. The summed E-state index contributed by atoms with van der Waals surface area (Å²) in [6.45, 7) is 15.3. The van der Waals surface area contributed by atoms with Crippen molar-refractivity contribution in [3.05, 3.63) is 60.9 Å². The van der Waals surface area contributed by atoms with Crippen molar-refractivity contribution < 1.29 is 0 Å². The molecular weight excluding hydrogens is 254 g/mol. The van der Waals surface area contributed by atoms with Crippen molar-refractivity contribution in [3.63, 3.8) is 0 Å². The molecule has 21 heavy (non-hydrogen) atoms. The molecule has 0 amide bonds. The number of hydrogen-bond donors (Lipinski definition) is 1. The molecule has 0 bridgehead atoms. The van der Waals surface area contributed by atoms with Crippen molar-refractivity contribution in [2.45, 2.75) is 40.0 Å². The van der Waals surface area contributed by atoms with Crippen LogP contribution in [0.3, 0.4) is 0 Å². The van der Waals surface area contributed by atoms with Gasteiger partial charge in [-0.2, -0.15) is 0 Å². The molecule has 0 heterocycles. The van der Waals surface area contributed by atoms with Gasteiger partial charge in [-0.1, -0.05) is 49.5 Å². The van der Waals surface area contributed by atoms with Crippen LogP contribution >= 0.6 is 0 Å². The van der Waals surface area contributed by atoms with Gasteiger partial charge in [-0.05, 0) is 56.7 Å². The van der Waals surface area contributed by atoms with E-state index in [2.05, 4.69) is 69.6 Å². The Morgan fingerprint density at radius 3 is 2.52 bits per heavy atom. The van der Waals surface area contributed by atoms with E-state index in [-0.39, 0.29) is 0 Å². The maximum absolute atomic E-state index is 4.08. The normalized spacial score (nSPS) is 27.1. The lowest BCUT2D eigenvalue weighted by molar-refractivity contribution is 0.348. The topological polar surface area (TPSA) is 12.0 Å². The molecule has 0 spiro atoms. The van der Waals surface area contributed by atoms with Crippen LogP contribution in [0.4, 0.5) is 0 Å². The van der Waals surface area contributed by atoms with Gasteiger partial charge in [-0.25, -0.2) is 0 Å². The molecule has 1 aliphatic carbocycles. The summed E-state index contributed by atoms with van der Waals surface area (Å²) in [6.07, 6.45) is 16.4. The zero-order chi connectivity index (χ0) is 15.7. The maximum atomic E-state index is 4.08. The van der Waals surface area contributed by atoms with Gasteiger partial charge in [0.25, 0.3) is 0 Å². The molecule has 1 nitrogen and oxygen atoms in total. The van der Waals surface area contributed by atoms with Crippen molar-refractivity contribution >= 4 is 0 Å². The molecule has 1 aliphatic rings. The molecular formula is C20H31N. The van der Waals surface area contributed by atoms with E-state index >= 15 is 0 Å². The van der Waals surface area contributed by atoms with Crippen molar-refractivity contribution in [1.29, 1.82) is 0 Å². The van der Waals surface area contributed by atoms with Crippen molar-refractivity contribution in [1.82, 2.24) is 5.32 Å². The molecule has 0 aromatic rings. The summed E-state index contributed by atoms with van der Waals surface area (Å²) < 4.78 is 0. The van der Waals surface area contributed by atoms with E-state index in [4.69, 9.17) is 0 Å². The van der Waals surface area contributed by atoms with E-state index in [9.17, 15) is 0 Å². The van der Waals surface area contributed by atoms with Gasteiger partial charge in [0.05, 0.1) is 0 Å². The lowest BCUT2D eigenvalue weighted by Crippen LogP contribution is -2.29. The largest absolute Gasteiger partial charge is 0.391 e. The Kier molecular flexibility index (Phi) is 7.89. The predicted octanol–water partition coefficient (Wildman–Crippen LogP) is 5.41. The molecule has 3 unspecified atom stereocenters. The summed E-state index contributed by atoms with van der Waals surface area (Å²) in [5.41, 5.74) is 3.12. The van der Waals surface area contributed by atoms with Crippen LogP contribution in [0.1, 0.15) is 40.0 Å². The van der Waals surface area contributed by atoms with Gasteiger partial charge in [-0.15, -0.1) is 6.58 Å². The molecule has 0 aliphatic heterocycles. The summed E-state index contributed by atoms with van der Waals surface area (Å²) in [5, 5.41) is 3.34. The summed E-state index contributed by atoms with van der Waals surface area (Å²) in [4.78, 5) is 0. The molecule has 0 fully saturated rings. The Morgan fingerprint density at radius 2 is 2.00 bits per heavy atom.